The molecule has 19 heavy (non-hydrogen) atoms. The zero-order chi connectivity index (χ0) is 14.0. The summed E-state index contributed by atoms with van der Waals surface area (Å²) in [7, 11) is 1.18. The average Bonchev–Trinajstić information content (AvgIpc) is 2.25. The predicted molar refractivity (Wildman–Crippen MR) is 67.2 cm³/mol. The Kier molecular flexibility index (Phi) is 4.02. The second-order valence-electron chi connectivity index (χ2n) is 4.93. The largest absolute Gasteiger partial charge is 0.491 e. The summed E-state index contributed by atoms with van der Waals surface area (Å²) in [6.07, 6.45) is 3.36. The highest BCUT2D eigenvalue weighted by molar-refractivity contribution is 5.94. The van der Waals surface area contributed by atoms with Crippen LogP contribution in [0.2, 0.25) is 0 Å². The third-order valence-electron chi connectivity index (χ3n) is 3.68. The molecule has 0 aromatic heterocycles. The Labute approximate surface area is 111 Å². The van der Waals surface area contributed by atoms with Crippen molar-refractivity contribution in [3.63, 3.8) is 0 Å². The number of amides is 1. The number of halogens is 2. The van der Waals surface area contributed by atoms with Crippen molar-refractivity contribution in [3.05, 3.63) is 29.3 Å². The van der Waals surface area contributed by atoms with E-state index in [1.165, 1.54) is 13.5 Å². The quantitative estimate of drug-likeness (QED) is 0.912. The number of benzene rings is 1. The molecule has 1 atom stereocenters. The molecule has 0 radical (unpaired) electrons. The normalized spacial score (nSPS) is 16.6. The maximum atomic E-state index is 13.5. The molecule has 0 aliphatic heterocycles. The van der Waals surface area contributed by atoms with E-state index in [0.29, 0.717) is 5.92 Å². The minimum Gasteiger partial charge on any atom is -0.491 e. The molecular formula is C14H17F2NO2. The van der Waals surface area contributed by atoms with Crippen molar-refractivity contribution in [2.24, 2.45) is 5.92 Å². The van der Waals surface area contributed by atoms with Gasteiger partial charge in [0.15, 0.2) is 17.4 Å². The van der Waals surface area contributed by atoms with Gasteiger partial charge in [0, 0.05) is 11.6 Å². The number of methoxy groups -OCH3 is 1. The summed E-state index contributed by atoms with van der Waals surface area (Å²) < 4.78 is 31.6. The third-order valence-corrected chi connectivity index (χ3v) is 3.68. The van der Waals surface area contributed by atoms with E-state index < -0.39 is 23.3 Å². The maximum Gasteiger partial charge on any atom is 0.251 e. The number of hydrogen-bond acceptors (Lipinski definition) is 2. The Balaban J connectivity index is 2.10. The minimum atomic E-state index is -0.871. The predicted octanol–water partition coefficient (Wildman–Crippen LogP) is 2.89. The van der Waals surface area contributed by atoms with Crippen LogP contribution < -0.4 is 10.1 Å². The fourth-order valence-electron chi connectivity index (χ4n) is 2.23. The van der Waals surface area contributed by atoms with Crippen LogP contribution in [-0.4, -0.2) is 19.1 Å². The van der Waals surface area contributed by atoms with Gasteiger partial charge in [-0.3, -0.25) is 4.79 Å². The topological polar surface area (TPSA) is 38.3 Å². The Morgan fingerprint density at radius 3 is 2.37 bits per heavy atom. The summed E-state index contributed by atoms with van der Waals surface area (Å²) in [5, 5.41) is 2.78. The molecule has 1 aromatic rings. The van der Waals surface area contributed by atoms with Gasteiger partial charge in [0.05, 0.1) is 7.11 Å². The lowest BCUT2D eigenvalue weighted by Gasteiger charge is -2.31. The molecule has 5 heteroatoms. The first kappa shape index (κ1) is 13.8. The summed E-state index contributed by atoms with van der Waals surface area (Å²) in [5.41, 5.74) is -0.0260. The van der Waals surface area contributed by atoms with E-state index in [4.69, 9.17) is 0 Å². The lowest BCUT2D eigenvalue weighted by Crippen LogP contribution is -2.40. The lowest BCUT2D eigenvalue weighted by molar-refractivity contribution is 0.0908. The van der Waals surface area contributed by atoms with E-state index in [1.54, 1.807) is 0 Å². The SMILES string of the molecule is COc1c(F)cc(C(=O)NC(C)C2CCC2)cc1F. The van der Waals surface area contributed by atoms with Crippen LogP contribution in [-0.2, 0) is 0 Å². The molecule has 1 amide bonds. The number of carbonyl (C=O) groups excluding carboxylic acids is 1. The van der Waals surface area contributed by atoms with Gasteiger partial charge in [0.2, 0.25) is 0 Å². The Hall–Kier alpha value is -1.65. The summed E-state index contributed by atoms with van der Waals surface area (Å²) in [4.78, 5) is 11.9. The summed E-state index contributed by atoms with van der Waals surface area (Å²) in [6, 6.07) is 2.00. The molecule has 0 saturated heterocycles. The average molecular weight is 269 g/mol. The maximum absolute atomic E-state index is 13.5. The molecule has 104 valence electrons. The summed E-state index contributed by atoms with van der Waals surface area (Å²) >= 11 is 0. The van der Waals surface area contributed by atoms with E-state index in [2.05, 4.69) is 10.1 Å². The van der Waals surface area contributed by atoms with E-state index in [-0.39, 0.29) is 11.6 Å². The first-order valence-corrected chi connectivity index (χ1v) is 6.37. The first-order valence-electron chi connectivity index (χ1n) is 6.37. The molecule has 1 saturated carbocycles. The van der Waals surface area contributed by atoms with E-state index >= 15 is 0 Å². The van der Waals surface area contributed by atoms with Crippen LogP contribution in [0, 0.1) is 17.6 Å². The van der Waals surface area contributed by atoms with Crippen molar-refractivity contribution >= 4 is 5.91 Å². The van der Waals surface area contributed by atoms with Crippen molar-refractivity contribution in [2.45, 2.75) is 32.2 Å². The van der Waals surface area contributed by atoms with Crippen molar-refractivity contribution in [2.75, 3.05) is 7.11 Å². The second kappa shape index (κ2) is 5.55. The summed E-state index contributed by atoms with van der Waals surface area (Å²) in [6.45, 7) is 1.91. The number of nitrogens with one attached hydrogen (secondary N) is 1. The highest BCUT2D eigenvalue weighted by Crippen LogP contribution is 2.29. The van der Waals surface area contributed by atoms with E-state index in [0.717, 1.165) is 25.0 Å². The van der Waals surface area contributed by atoms with Gasteiger partial charge in [-0.25, -0.2) is 8.78 Å². The minimum absolute atomic E-state index is 0.0227. The van der Waals surface area contributed by atoms with Gasteiger partial charge in [0.1, 0.15) is 0 Å². The number of rotatable bonds is 4. The molecule has 2 rings (SSSR count). The monoisotopic (exact) mass is 269 g/mol. The van der Waals surface area contributed by atoms with Crippen LogP contribution >= 0.6 is 0 Å². The molecule has 1 aromatic carbocycles. The highest BCUT2D eigenvalue weighted by Gasteiger charge is 2.25. The molecule has 1 aliphatic carbocycles. The van der Waals surface area contributed by atoms with Gasteiger partial charge in [-0.1, -0.05) is 6.42 Å². The van der Waals surface area contributed by atoms with Gasteiger partial charge in [-0.05, 0) is 37.8 Å². The van der Waals surface area contributed by atoms with E-state index in [1.807, 2.05) is 6.92 Å². The zero-order valence-corrected chi connectivity index (χ0v) is 11.0. The molecule has 1 unspecified atom stereocenters. The van der Waals surface area contributed by atoms with Gasteiger partial charge >= 0.3 is 0 Å². The Morgan fingerprint density at radius 2 is 1.95 bits per heavy atom. The Bertz CT molecular complexity index is 463. The van der Waals surface area contributed by atoms with Gasteiger partial charge < -0.3 is 10.1 Å². The van der Waals surface area contributed by atoms with Gasteiger partial charge in [0.25, 0.3) is 5.91 Å². The zero-order valence-electron chi connectivity index (χ0n) is 11.0. The fourth-order valence-corrected chi connectivity index (χ4v) is 2.23. The van der Waals surface area contributed by atoms with Crippen LogP contribution in [0.3, 0.4) is 0 Å². The fraction of sp³-hybridized carbons (Fsp3) is 0.500. The Morgan fingerprint density at radius 1 is 1.37 bits per heavy atom. The van der Waals surface area contributed by atoms with Crippen molar-refractivity contribution < 1.29 is 18.3 Å². The highest BCUT2D eigenvalue weighted by atomic mass is 19.1. The van der Waals surface area contributed by atoms with Crippen molar-refractivity contribution in [1.82, 2.24) is 5.32 Å². The molecule has 1 N–H and O–H groups in total. The molecule has 0 heterocycles. The van der Waals surface area contributed by atoms with Gasteiger partial charge in [-0.2, -0.15) is 0 Å². The van der Waals surface area contributed by atoms with Crippen LogP contribution in [0.5, 0.6) is 5.75 Å². The molecule has 0 spiro atoms. The number of hydrogen-bond donors (Lipinski definition) is 1. The van der Waals surface area contributed by atoms with Crippen LogP contribution in [0.1, 0.15) is 36.5 Å². The number of ether oxygens (including phenoxy) is 1. The van der Waals surface area contributed by atoms with Crippen LogP contribution in [0.15, 0.2) is 12.1 Å². The van der Waals surface area contributed by atoms with Crippen molar-refractivity contribution in [1.29, 1.82) is 0 Å². The standard InChI is InChI=1S/C14H17F2NO2/c1-8(9-4-3-5-9)17-14(18)10-6-11(15)13(19-2)12(16)7-10/h6-9H,3-5H2,1-2H3,(H,17,18). The lowest BCUT2D eigenvalue weighted by atomic mass is 9.80. The molecule has 3 nitrogen and oxygen atoms in total. The molecule has 1 fully saturated rings. The summed E-state index contributed by atoms with van der Waals surface area (Å²) in [5.74, 6) is -2.20. The van der Waals surface area contributed by atoms with E-state index in [9.17, 15) is 13.6 Å². The first-order chi connectivity index (χ1) is 9.02. The van der Waals surface area contributed by atoms with Gasteiger partial charge in [-0.15, -0.1) is 0 Å². The van der Waals surface area contributed by atoms with Crippen LogP contribution in [0.25, 0.3) is 0 Å². The smallest absolute Gasteiger partial charge is 0.251 e. The third kappa shape index (κ3) is 2.85. The van der Waals surface area contributed by atoms with Crippen LogP contribution in [0.4, 0.5) is 8.78 Å². The molecule has 0 bridgehead atoms. The number of carbonyl (C=O) groups is 1. The van der Waals surface area contributed by atoms with Crippen molar-refractivity contribution in [3.8, 4) is 5.75 Å². The second-order valence-corrected chi connectivity index (χ2v) is 4.93. The molecule has 1 aliphatic rings. The molecular weight excluding hydrogens is 252 g/mol.